The zero-order valence-electron chi connectivity index (χ0n) is 40.0. The first kappa shape index (κ1) is 52.3. The molecule has 2 aliphatic rings. The number of halogens is 2. The highest BCUT2D eigenvalue weighted by Gasteiger charge is 2.45. The van der Waals surface area contributed by atoms with Crippen LogP contribution in [0.1, 0.15) is 56.7 Å². The van der Waals surface area contributed by atoms with Crippen molar-refractivity contribution in [2.75, 3.05) is 84.5 Å². The number of nitrogens with one attached hydrogen (secondary N) is 5. The lowest BCUT2D eigenvalue weighted by Crippen LogP contribution is -2.54. The molecule has 19 nitrogen and oxygen atoms in total. The molecule has 4 heterocycles. The first-order valence-electron chi connectivity index (χ1n) is 24.1. The first-order chi connectivity index (χ1) is 35.5. The molecule has 8 rings (SSSR count). The Bertz CT molecular complexity index is 2960. The second-order valence-electron chi connectivity index (χ2n) is 17.2. The van der Waals surface area contributed by atoms with Crippen LogP contribution in [0.25, 0.3) is 28.2 Å². The van der Waals surface area contributed by atoms with E-state index in [-0.39, 0.29) is 67.7 Å². The standard InChI is InChI=1S/C52H56ClFN8O11/c53-36-13-17-40-42(31-36)58-52(57-40)62-50(67)39(16-10-34-8-14-37(54)15-9-34)47(60-62)35-11-6-33(7-12-35)3-2-22-69-25-28-72-29-30-73-32-45(64)56-21-24-71-27-26-70-23-20-55-41-5-1-4-38-46(41)51(68)61(49(38)66)43-18-19-44(63)59-48(43)65/h1,4-9,11-15,17,31,43,55,60H,2-3,10,16,18-30,32H2,(H,56,64)(H,57,58)(H,59,63,65). The topological polar surface area (TPSA) is 237 Å². The van der Waals surface area contributed by atoms with Gasteiger partial charge in [0.15, 0.2) is 0 Å². The first-order valence-corrected chi connectivity index (χ1v) is 24.5. The summed E-state index contributed by atoms with van der Waals surface area (Å²) >= 11 is 6.19. The number of ether oxygens (including phenoxy) is 5. The number of imide groups is 2. The van der Waals surface area contributed by atoms with Crippen LogP contribution in [0.2, 0.25) is 5.02 Å². The number of rotatable bonds is 28. The highest BCUT2D eigenvalue weighted by atomic mass is 35.5. The number of nitrogens with zero attached hydrogens (tertiary/aromatic N) is 3. The van der Waals surface area contributed by atoms with Crippen molar-refractivity contribution in [2.24, 2.45) is 0 Å². The summed E-state index contributed by atoms with van der Waals surface area (Å²) in [5.74, 6) is -2.50. The second kappa shape index (κ2) is 25.5. The molecule has 0 saturated carbocycles. The van der Waals surface area contributed by atoms with Crippen LogP contribution in [-0.2, 0) is 57.3 Å². The summed E-state index contributed by atoms with van der Waals surface area (Å²) in [6, 6.07) is 23.4. The number of benzene rings is 4. The van der Waals surface area contributed by atoms with Gasteiger partial charge >= 0.3 is 0 Å². The van der Waals surface area contributed by atoms with E-state index in [2.05, 4.69) is 31.0 Å². The molecule has 4 aromatic carbocycles. The molecule has 1 atom stereocenters. The molecule has 0 spiro atoms. The van der Waals surface area contributed by atoms with Gasteiger partial charge in [-0.2, -0.15) is 4.68 Å². The van der Waals surface area contributed by atoms with Crippen LogP contribution in [-0.4, -0.2) is 139 Å². The molecule has 1 saturated heterocycles. The number of carbonyl (C=O) groups excluding carboxylic acids is 5. The third-order valence-corrected chi connectivity index (χ3v) is 12.4. The lowest BCUT2D eigenvalue weighted by atomic mass is 10.00. The van der Waals surface area contributed by atoms with Gasteiger partial charge in [0.05, 0.1) is 80.7 Å². The summed E-state index contributed by atoms with van der Waals surface area (Å²) in [6.45, 7) is 3.59. The molecule has 21 heteroatoms. The lowest BCUT2D eigenvalue weighted by Gasteiger charge is -2.27. The van der Waals surface area contributed by atoms with Crippen molar-refractivity contribution in [3.63, 3.8) is 0 Å². The van der Waals surface area contributed by atoms with Gasteiger partial charge in [0.25, 0.3) is 17.4 Å². The van der Waals surface area contributed by atoms with E-state index in [0.717, 1.165) is 34.4 Å². The van der Waals surface area contributed by atoms with Crippen LogP contribution < -0.4 is 21.5 Å². The number of imidazole rings is 1. The fourth-order valence-corrected chi connectivity index (χ4v) is 8.64. The van der Waals surface area contributed by atoms with Crippen molar-refractivity contribution >= 4 is 57.9 Å². The lowest BCUT2D eigenvalue weighted by molar-refractivity contribution is -0.136. The number of aryl methyl sites for hydroxylation is 2. The number of piperidine rings is 1. The van der Waals surface area contributed by atoms with Crippen molar-refractivity contribution in [3.05, 3.63) is 134 Å². The largest absolute Gasteiger partial charge is 0.382 e. The van der Waals surface area contributed by atoms with Gasteiger partial charge in [-0.05, 0) is 91.3 Å². The minimum Gasteiger partial charge on any atom is -0.382 e. The van der Waals surface area contributed by atoms with E-state index in [4.69, 9.17) is 35.3 Å². The summed E-state index contributed by atoms with van der Waals surface area (Å²) in [7, 11) is 0. The maximum Gasteiger partial charge on any atom is 0.277 e. The Morgan fingerprint density at radius 1 is 0.753 bits per heavy atom. The van der Waals surface area contributed by atoms with Crippen LogP contribution in [0.15, 0.2) is 89.7 Å². The Kier molecular flexibility index (Phi) is 18.3. The summed E-state index contributed by atoms with van der Waals surface area (Å²) < 4.78 is 42.8. The fourth-order valence-electron chi connectivity index (χ4n) is 8.46. The Morgan fingerprint density at radius 2 is 1.44 bits per heavy atom. The maximum absolute atomic E-state index is 13.9. The quantitative estimate of drug-likeness (QED) is 0.0324. The van der Waals surface area contributed by atoms with Gasteiger partial charge < -0.3 is 39.3 Å². The van der Waals surface area contributed by atoms with Crippen molar-refractivity contribution in [1.29, 1.82) is 0 Å². The minimum atomic E-state index is -1.04. The predicted molar refractivity (Wildman–Crippen MR) is 267 cm³/mol. The van der Waals surface area contributed by atoms with Crippen LogP contribution >= 0.6 is 11.6 Å². The molecular weight excluding hydrogens is 967 g/mol. The van der Waals surface area contributed by atoms with Crippen LogP contribution in [0.3, 0.4) is 0 Å². The SMILES string of the molecule is O=C(COCCOCCOCCCc1ccc(-c2[nH]n(-c3nc4ccc(Cl)cc4[nH]3)c(=O)c2CCc2ccc(F)cc2)cc1)NCCOCCOCCNc1cccc2c1C(=O)N(C1CCC(=O)NC1=O)C2=O. The van der Waals surface area contributed by atoms with Crippen molar-refractivity contribution < 1.29 is 52.0 Å². The van der Waals surface area contributed by atoms with Crippen LogP contribution in [0.4, 0.5) is 10.1 Å². The number of hydrogen-bond donors (Lipinski definition) is 5. The molecule has 73 heavy (non-hydrogen) atoms. The number of carbonyl (C=O) groups is 5. The maximum atomic E-state index is 13.9. The average Bonchev–Trinajstić information content (AvgIpc) is 4.03. The second-order valence-corrected chi connectivity index (χ2v) is 17.6. The van der Waals surface area contributed by atoms with Gasteiger partial charge in [0.2, 0.25) is 23.7 Å². The van der Waals surface area contributed by atoms with Gasteiger partial charge in [-0.25, -0.2) is 9.37 Å². The van der Waals surface area contributed by atoms with Crippen molar-refractivity contribution in [1.82, 2.24) is 35.3 Å². The summed E-state index contributed by atoms with van der Waals surface area (Å²) in [4.78, 5) is 84.9. The number of amides is 5. The number of aromatic amines is 2. The Morgan fingerprint density at radius 3 is 2.19 bits per heavy atom. The van der Waals surface area contributed by atoms with Crippen molar-refractivity contribution in [3.8, 4) is 17.2 Å². The molecular formula is C52H56ClFN8O11. The molecule has 5 amide bonds. The van der Waals surface area contributed by atoms with E-state index in [0.29, 0.717) is 105 Å². The minimum absolute atomic E-state index is 0.0445. The summed E-state index contributed by atoms with van der Waals surface area (Å²) in [5.41, 5.74) is 6.12. The van der Waals surface area contributed by atoms with Gasteiger partial charge in [-0.3, -0.25) is 44.1 Å². The Labute approximate surface area is 424 Å². The number of hydrogen-bond acceptors (Lipinski definition) is 13. The Balaban J connectivity index is 0.640. The highest BCUT2D eigenvalue weighted by molar-refractivity contribution is 6.31. The molecule has 1 unspecified atom stereocenters. The number of aromatic nitrogens is 4. The summed E-state index contributed by atoms with van der Waals surface area (Å²) in [5, 5.41) is 11.9. The van der Waals surface area contributed by atoms with E-state index >= 15 is 0 Å². The van der Waals surface area contributed by atoms with E-state index < -0.39 is 29.7 Å². The van der Waals surface area contributed by atoms with Gasteiger partial charge in [0.1, 0.15) is 18.5 Å². The average molecular weight is 1020 g/mol. The molecule has 2 aromatic heterocycles. The molecule has 1 fully saturated rings. The van der Waals surface area contributed by atoms with E-state index in [1.165, 1.54) is 22.9 Å². The molecule has 0 bridgehead atoms. The smallest absolute Gasteiger partial charge is 0.277 e. The van der Waals surface area contributed by atoms with Crippen molar-refractivity contribution in [2.45, 2.75) is 44.6 Å². The number of anilines is 1. The highest BCUT2D eigenvalue weighted by Crippen LogP contribution is 2.32. The van der Waals surface area contributed by atoms with Gasteiger partial charge in [-0.15, -0.1) is 0 Å². The third kappa shape index (κ3) is 13.7. The van der Waals surface area contributed by atoms with E-state index in [1.807, 2.05) is 24.3 Å². The summed E-state index contributed by atoms with van der Waals surface area (Å²) in [6.07, 6.45) is 2.69. The molecule has 5 N–H and O–H groups in total. The molecule has 384 valence electrons. The van der Waals surface area contributed by atoms with Crippen LogP contribution in [0, 0.1) is 5.82 Å². The normalized spacial score (nSPS) is 14.5. The molecule has 6 aromatic rings. The van der Waals surface area contributed by atoms with E-state index in [1.54, 1.807) is 42.5 Å². The predicted octanol–water partition coefficient (Wildman–Crippen LogP) is 4.93. The Hall–Kier alpha value is -7.07. The molecule has 0 aliphatic carbocycles. The zero-order valence-corrected chi connectivity index (χ0v) is 40.7. The number of fused-ring (bicyclic) bond motifs is 2. The van der Waals surface area contributed by atoms with Gasteiger partial charge in [-0.1, -0.05) is 54.1 Å². The van der Waals surface area contributed by atoms with Crippen LogP contribution in [0.5, 0.6) is 0 Å². The zero-order chi connectivity index (χ0) is 51.1. The third-order valence-electron chi connectivity index (χ3n) is 12.2. The molecule has 0 radical (unpaired) electrons. The molecule has 2 aliphatic heterocycles. The fraction of sp³-hybridized carbons (Fsp3) is 0.365. The van der Waals surface area contributed by atoms with E-state index in [9.17, 15) is 33.2 Å². The number of H-pyrrole nitrogens is 2. The monoisotopic (exact) mass is 1020 g/mol. The van der Waals surface area contributed by atoms with Gasteiger partial charge in [0, 0.05) is 42.4 Å².